The first-order chi connectivity index (χ1) is 13.0. The monoisotopic (exact) mass is 374 g/mol. The van der Waals surface area contributed by atoms with Crippen LogP contribution in [-0.2, 0) is 0 Å². The third kappa shape index (κ3) is 5.92. The molecule has 0 unspecified atom stereocenters. The first kappa shape index (κ1) is 22.4. The fraction of sp³-hybridized carbons (Fsp3) is 0.450. The van der Waals surface area contributed by atoms with E-state index >= 15 is 0 Å². The second kappa shape index (κ2) is 11.1. The summed E-state index contributed by atoms with van der Waals surface area (Å²) in [6.45, 7) is 11.8. The number of phenolic OH excluding ortho intramolecular Hbond substituents is 1. The number of nitrogens with zero attached hydrogens (tertiary/aromatic N) is 4. The predicted molar refractivity (Wildman–Crippen MR) is 115 cm³/mol. The number of piperazine rings is 1. The van der Waals surface area contributed by atoms with Crippen molar-refractivity contribution in [2.75, 3.05) is 43.9 Å². The number of aromatic nitrogens is 2. The molecule has 1 aromatic carbocycles. The number of hydrogen-bond acceptors (Lipinski definition) is 7. The van der Waals surface area contributed by atoms with Crippen LogP contribution in [-0.4, -0.2) is 58.9 Å². The lowest BCUT2D eigenvalue weighted by Crippen LogP contribution is -2.44. The quantitative estimate of drug-likeness (QED) is 0.433. The highest BCUT2D eigenvalue weighted by Gasteiger charge is 2.17. The van der Waals surface area contributed by atoms with Crippen molar-refractivity contribution < 1.29 is 6.53 Å². The smallest absolute Gasteiger partial charge is 0.132 e. The number of nitrogens with two attached hydrogens (primary N) is 1. The molecule has 7 nitrogen and oxygen atoms in total. The third-order valence-corrected chi connectivity index (χ3v) is 4.04. The summed E-state index contributed by atoms with van der Waals surface area (Å²) >= 11 is 0. The molecule has 1 saturated heterocycles. The summed E-state index contributed by atoms with van der Waals surface area (Å²) in [5.74, 6) is 0.888. The van der Waals surface area contributed by atoms with Crippen LogP contribution in [0.5, 0.6) is 5.75 Å². The number of benzene rings is 1. The number of anilines is 2. The van der Waals surface area contributed by atoms with Crippen LogP contribution < -0.4 is 10.6 Å². The minimum atomic E-state index is 0. The highest BCUT2D eigenvalue weighted by atomic mass is 16.3. The van der Waals surface area contributed by atoms with Gasteiger partial charge in [0.15, 0.2) is 0 Å². The zero-order valence-corrected chi connectivity index (χ0v) is 17.0. The van der Waals surface area contributed by atoms with Crippen molar-refractivity contribution >= 4 is 17.2 Å². The van der Waals surface area contributed by atoms with Gasteiger partial charge in [-0.3, -0.25) is 5.41 Å². The molecule has 2 aromatic rings. The van der Waals surface area contributed by atoms with E-state index in [-0.39, 0.29) is 12.9 Å². The summed E-state index contributed by atoms with van der Waals surface area (Å²) in [5.41, 5.74) is 7.48. The van der Waals surface area contributed by atoms with Gasteiger partial charge in [0.05, 0.1) is 11.4 Å². The SMILES string of the molecule is CC.CC.CN1CCN(c2cc(C(=N)c3cc(O)ccc3N)ncn2)CC1.[HH]. The molecule has 3 rings (SSSR count). The maximum absolute atomic E-state index is 9.62. The minimum absolute atomic E-state index is 0. The molecule has 2 heterocycles. The van der Waals surface area contributed by atoms with Crippen LogP contribution in [0.25, 0.3) is 0 Å². The maximum Gasteiger partial charge on any atom is 0.132 e. The number of phenols is 1. The van der Waals surface area contributed by atoms with Crippen LogP contribution in [0.4, 0.5) is 11.5 Å². The Morgan fingerprint density at radius 1 is 1.07 bits per heavy atom. The number of nitrogens with one attached hydrogen (secondary N) is 1. The first-order valence-electron chi connectivity index (χ1n) is 9.48. The summed E-state index contributed by atoms with van der Waals surface area (Å²) in [6, 6.07) is 6.37. The molecule has 0 radical (unpaired) electrons. The molecule has 1 aromatic heterocycles. The Balaban J connectivity index is 0.00000137. The Morgan fingerprint density at radius 3 is 2.33 bits per heavy atom. The number of aromatic hydroxyl groups is 1. The van der Waals surface area contributed by atoms with Crippen molar-refractivity contribution in [2.45, 2.75) is 27.7 Å². The van der Waals surface area contributed by atoms with Crippen molar-refractivity contribution in [1.82, 2.24) is 14.9 Å². The molecule has 1 aliphatic heterocycles. The van der Waals surface area contributed by atoms with Crippen LogP contribution in [0.15, 0.2) is 30.6 Å². The molecule has 0 spiro atoms. The van der Waals surface area contributed by atoms with Crippen molar-refractivity contribution in [3.63, 3.8) is 0 Å². The Kier molecular flexibility index (Phi) is 9.22. The first-order valence-corrected chi connectivity index (χ1v) is 9.48. The van der Waals surface area contributed by atoms with Gasteiger partial charge < -0.3 is 20.6 Å². The van der Waals surface area contributed by atoms with Gasteiger partial charge in [0.1, 0.15) is 17.9 Å². The molecular formula is C20H34N6O. The van der Waals surface area contributed by atoms with Gasteiger partial charge in [-0.15, -0.1) is 0 Å². The molecule has 0 amide bonds. The highest BCUT2D eigenvalue weighted by Crippen LogP contribution is 2.22. The van der Waals surface area contributed by atoms with Crippen LogP contribution in [0.2, 0.25) is 0 Å². The normalized spacial score (nSPS) is 13.7. The van der Waals surface area contributed by atoms with Gasteiger partial charge in [0.25, 0.3) is 0 Å². The van der Waals surface area contributed by atoms with Gasteiger partial charge in [-0.2, -0.15) is 0 Å². The molecule has 1 aliphatic rings. The van der Waals surface area contributed by atoms with Crippen molar-refractivity contribution in [3.8, 4) is 5.75 Å². The summed E-state index contributed by atoms with van der Waals surface area (Å²) in [6.07, 6.45) is 1.47. The van der Waals surface area contributed by atoms with E-state index < -0.39 is 0 Å². The fourth-order valence-electron chi connectivity index (χ4n) is 2.59. The molecular weight excluding hydrogens is 340 g/mol. The Labute approximate surface area is 163 Å². The topological polar surface area (TPSA) is 102 Å². The van der Waals surface area contributed by atoms with E-state index in [1.54, 1.807) is 12.1 Å². The van der Waals surface area contributed by atoms with Gasteiger partial charge in [-0.25, -0.2) is 9.97 Å². The molecule has 0 saturated carbocycles. The van der Waals surface area contributed by atoms with E-state index in [9.17, 15) is 5.11 Å². The van der Waals surface area contributed by atoms with Crippen molar-refractivity contribution in [3.05, 3.63) is 41.9 Å². The van der Waals surface area contributed by atoms with E-state index in [2.05, 4.69) is 26.8 Å². The predicted octanol–water partition coefficient (Wildman–Crippen LogP) is 3.23. The second-order valence-electron chi connectivity index (χ2n) is 5.70. The maximum atomic E-state index is 9.62. The average Bonchev–Trinajstić information content (AvgIpc) is 2.73. The summed E-state index contributed by atoms with van der Waals surface area (Å²) in [7, 11) is 2.10. The molecule has 0 bridgehead atoms. The molecule has 0 aliphatic carbocycles. The second-order valence-corrected chi connectivity index (χ2v) is 5.70. The van der Waals surface area contributed by atoms with Crippen molar-refractivity contribution in [2.24, 2.45) is 0 Å². The molecule has 27 heavy (non-hydrogen) atoms. The molecule has 150 valence electrons. The lowest BCUT2D eigenvalue weighted by atomic mass is 10.0. The van der Waals surface area contributed by atoms with E-state index in [4.69, 9.17) is 11.1 Å². The Bertz CT molecular complexity index is 732. The van der Waals surface area contributed by atoms with E-state index in [0.29, 0.717) is 16.9 Å². The third-order valence-electron chi connectivity index (χ3n) is 4.04. The van der Waals surface area contributed by atoms with Gasteiger partial charge in [0.2, 0.25) is 0 Å². The van der Waals surface area contributed by atoms with Crippen LogP contribution in [0.1, 0.15) is 40.4 Å². The average molecular weight is 375 g/mol. The number of rotatable bonds is 3. The molecule has 0 atom stereocenters. The Morgan fingerprint density at radius 2 is 1.70 bits per heavy atom. The zero-order valence-electron chi connectivity index (χ0n) is 17.0. The fourth-order valence-corrected chi connectivity index (χ4v) is 2.59. The number of nitrogen functional groups attached to an aromatic ring is 1. The van der Waals surface area contributed by atoms with Crippen LogP contribution in [0.3, 0.4) is 0 Å². The number of hydrogen-bond donors (Lipinski definition) is 3. The molecule has 1 fully saturated rings. The van der Waals surface area contributed by atoms with Crippen LogP contribution in [0, 0.1) is 5.41 Å². The molecule has 7 heteroatoms. The van der Waals surface area contributed by atoms with Gasteiger partial charge >= 0.3 is 0 Å². The highest BCUT2D eigenvalue weighted by molar-refractivity contribution is 6.13. The van der Waals surface area contributed by atoms with Crippen molar-refractivity contribution in [1.29, 1.82) is 5.41 Å². The van der Waals surface area contributed by atoms with E-state index in [0.717, 1.165) is 32.0 Å². The van der Waals surface area contributed by atoms with Gasteiger partial charge in [-0.05, 0) is 25.2 Å². The Hall–Kier alpha value is -2.67. The van der Waals surface area contributed by atoms with E-state index in [1.165, 1.54) is 18.5 Å². The lowest BCUT2D eigenvalue weighted by molar-refractivity contribution is 0.312. The van der Waals surface area contributed by atoms with Gasteiger partial charge in [-0.1, -0.05) is 27.7 Å². The van der Waals surface area contributed by atoms with E-state index in [1.807, 2.05) is 27.7 Å². The standard InChI is InChI=1S/C16H20N6O.2C2H6.H2/c1-21-4-6-22(7-5-21)15-9-14(19-10-20-15)16(18)12-8-11(23)2-3-13(12)17;2*1-2;/h2-3,8-10,18,23H,4-7,17H2,1H3;2*1-2H3;1H. The molecule has 4 N–H and O–H groups in total. The minimum Gasteiger partial charge on any atom is -0.508 e. The van der Waals surface area contributed by atoms with Crippen LogP contribution >= 0.6 is 0 Å². The summed E-state index contributed by atoms with van der Waals surface area (Å²) < 4.78 is 0. The summed E-state index contributed by atoms with van der Waals surface area (Å²) in [4.78, 5) is 13.0. The van der Waals surface area contributed by atoms with Gasteiger partial charge in [0, 0.05) is 44.9 Å². The summed E-state index contributed by atoms with van der Waals surface area (Å²) in [5, 5.41) is 18.0. The zero-order chi connectivity index (χ0) is 20.4. The largest absolute Gasteiger partial charge is 0.508 e. The lowest BCUT2D eigenvalue weighted by Gasteiger charge is -2.33. The number of likely N-dealkylation sites (N-methyl/N-ethyl adjacent to an activating group) is 1.